The summed E-state index contributed by atoms with van der Waals surface area (Å²) in [4.78, 5) is 4.31. The maximum Gasteiger partial charge on any atom is 0.191 e. The van der Waals surface area contributed by atoms with E-state index >= 15 is 0 Å². The van der Waals surface area contributed by atoms with Crippen LogP contribution < -0.4 is 10.6 Å². The van der Waals surface area contributed by atoms with Gasteiger partial charge in [0.15, 0.2) is 5.96 Å². The molecule has 0 unspecified atom stereocenters. The fraction of sp³-hybridized carbons (Fsp3) is 0.933. The molecule has 4 heteroatoms. The summed E-state index contributed by atoms with van der Waals surface area (Å²) < 4.78 is 5.41. The molecular formula is C15H29N3O. The second-order valence-corrected chi connectivity index (χ2v) is 6.73. The lowest BCUT2D eigenvalue weighted by molar-refractivity contribution is 0.0267. The van der Waals surface area contributed by atoms with Crippen molar-refractivity contribution < 1.29 is 4.74 Å². The van der Waals surface area contributed by atoms with Crippen LogP contribution in [0, 0.1) is 11.3 Å². The van der Waals surface area contributed by atoms with Crippen LogP contribution in [0.1, 0.15) is 46.0 Å². The summed E-state index contributed by atoms with van der Waals surface area (Å²) >= 11 is 0. The van der Waals surface area contributed by atoms with E-state index in [2.05, 4.69) is 29.5 Å². The first-order valence-corrected chi connectivity index (χ1v) is 7.51. The summed E-state index contributed by atoms with van der Waals surface area (Å²) in [5.41, 5.74) is 0.413. The quantitative estimate of drug-likeness (QED) is 0.572. The van der Waals surface area contributed by atoms with Crippen molar-refractivity contribution in [3.05, 3.63) is 0 Å². The third kappa shape index (κ3) is 3.62. The maximum absolute atomic E-state index is 5.41. The van der Waals surface area contributed by atoms with Crippen molar-refractivity contribution in [3.8, 4) is 0 Å². The van der Waals surface area contributed by atoms with Crippen molar-refractivity contribution in [2.45, 2.75) is 51.6 Å². The Balaban J connectivity index is 1.76. The molecule has 0 aromatic heterocycles. The second kappa shape index (κ2) is 5.70. The number of aliphatic imine (C=N–C) groups is 1. The van der Waals surface area contributed by atoms with Gasteiger partial charge in [-0.15, -0.1) is 0 Å². The summed E-state index contributed by atoms with van der Waals surface area (Å²) in [6.45, 7) is 5.99. The van der Waals surface area contributed by atoms with Gasteiger partial charge in [0.05, 0.1) is 5.60 Å². The molecule has 0 aromatic carbocycles. The topological polar surface area (TPSA) is 45.7 Å². The van der Waals surface area contributed by atoms with Gasteiger partial charge < -0.3 is 15.4 Å². The predicted molar refractivity (Wildman–Crippen MR) is 79.5 cm³/mol. The standard InChI is InChI=1S/C15H29N3O/c1-14(2,19-4)10-17-13(16-3)18-11-15(8-5-9-15)12-6-7-12/h12H,5-11H2,1-4H3,(H2,16,17,18). The number of methoxy groups -OCH3 is 1. The van der Waals surface area contributed by atoms with Crippen molar-refractivity contribution in [2.75, 3.05) is 27.2 Å². The molecule has 0 bridgehead atoms. The molecule has 0 aromatic rings. The summed E-state index contributed by atoms with van der Waals surface area (Å²) in [6, 6.07) is 0. The Bertz CT molecular complexity index is 330. The van der Waals surface area contributed by atoms with Gasteiger partial charge in [-0.1, -0.05) is 6.42 Å². The van der Waals surface area contributed by atoms with E-state index < -0.39 is 0 Å². The molecule has 0 atom stereocenters. The van der Waals surface area contributed by atoms with Crippen LogP contribution in [0.25, 0.3) is 0 Å². The summed E-state index contributed by atoms with van der Waals surface area (Å²) in [5.74, 6) is 1.87. The Kier molecular flexibility index (Phi) is 4.39. The third-order valence-corrected chi connectivity index (χ3v) is 4.86. The maximum atomic E-state index is 5.41. The normalized spacial score (nSPS) is 22.8. The van der Waals surface area contributed by atoms with Crippen molar-refractivity contribution in [1.29, 1.82) is 0 Å². The van der Waals surface area contributed by atoms with Crippen LogP contribution in [-0.4, -0.2) is 38.8 Å². The Labute approximate surface area is 117 Å². The number of hydrogen-bond acceptors (Lipinski definition) is 2. The van der Waals surface area contributed by atoms with Crippen molar-refractivity contribution in [1.82, 2.24) is 10.6 Å². The number of rotatable bonds is 6. The molecule has 0 heterocycles. The monoisotopic (exact) mass is 267 g/mol. The molecule has 0 spiro atoms. The minimum Gasteiger partial charge on any atom is -0.377 e. The second-order valence-electron chi connectivity index (χ2n) is 6.73. The molecule has 110 valence electrons. The van der Waals surface area contributed by atoms with Crippen molar-refractivity contribution >= 4 is 5.96 Å². The Morgan fingerprint density at radius 1 is 1.32 bits per heavy atom. The van der Waals surface area contributed by atoms with Gasteiger partial charge in [0, 0.05) is 27.2 Å². The molecule has 2 N–H and O–H groups in total. The Hall–Kier alpha value is -0.770. The summed E-state index contributed by atoms with van der Waals surface area (Å²) in [7, 11) is 3.58. The molecular weight excluding hydrogens is 238 g/mol. The molecule has 2 saturated carbocycles. The number of nitrogens with one attached hydrogen (secondary N) is 2. The highest BCUT2D eigenvalue weighted by atomic mass is 16.5. The lowest BCUT2D eigenvalue weighted by Crippen LogP contribution is -2.50. The van der Waals surface area contributed by atoms with Gasteiger partial charge >= 0.3 is 0 Å². The van der Waals surface area contributed by atoms with Crippen molar-refractivity contribution in [3.63, 3.8) is 0 Å². The third-order valence-electron chi connectivity index (χ3n) is 4.86. The first-order valence-electron chi connectivity index (χ1n) is 7.51. The Morgan fingerprint density at radius 2 is 2.00 bits per heavy atom. The molecule has 19 heavy (non-hydrogen) atoms. The van der Waals surface area contributed by atoms with Gasteiger partial charge in [0.25, 0.3) is 0 Å². The van der Waals surface area contributed by atoms with E-state index in [0.717, 1.165) is 25.0 Å². The van der Waals surface area contributed by atoms with E-state index in [1.165, 1.54) is 32.1 Å². The van der Waals surface area contributed by atoms with Gasteiger partial charge in [-0.3, -0.25) is 4.99 Å². The zero-order chi connectivity index (χ0) is 13.9. The van der Waals surface area contributed by atoms with Gasteiger partial charge in [0.1, 0.15) is 0 Å². The van der Waals surface area contributed by atoms with Gasteiger partial charge in [-0.05, 0) is 50.9 Å². The van der Waals surface area contributed by atoms with Crippen LogP contribution in [0.2, 0.25) is 0 Å². The van der Waals surface area contributed by atoms with Gasteiger partial charge in [0.2, 0.25) is 0 Å². The van der Waals surface area contributed by atoms with E-state index in [0.29, 0.717) is 5.41 Å². The first kappa shape index (κ1) is 14.6. The molecule has 2 aliphatic rings. The molecule has 0 aliphatic heterocycles. The average Bonchev–Trinajstić information content (AvgIpc) is 3.16. The van der Waals surface area contributed by atoms with E-state index in [1.54, 1.807) is 7.11 Å². The van der Waals surface area contributed by atoms with Gasteiger partial charge in [-0.2, -0.15) is 0 Å². The van der Waals surface area contributed by atoms with E-state index in [4.69, 9.17) is 4.74 Å². The molecule has 2 rings (SSSR count). The molecule has 0 saturated heterocycles. The van der Waals surface area contributed by atoms with Crippen LogP contribution in [0.3, 0.4) is 0 Å². The molecule has 0 radical (unpaired) electrons. The zero-order valence-electron chi connectivity index (χ0n) is 12.9. The fourth-order valence-electron chi connectivity index (χ4n) is 2.91. The van der Waals surface area contributed by atoms with E-state index in [1.807, 2.05) is 7.05 Å². The van der Waals surface area contributed by atoms with E-state index in [-0.39, 0.29) is 5.60 Å². The average molecular weight is 267 g/mol. The smallest absolute Gasteiger partial charge is 0.191 e. The van der Waals surface area contributed by atoms with Crippen LogP contribution >= 0.6 is 0 Å². The summed E-state index contributed by atoms with van der Waals surface area (Å²) in [6.07, 6.45) is 7.06. The largest absolute Gasteiger partial charge is 0.377 e. The fourth-order valence-corrected chi connectivity index (χ4v) is 2.91. The number of hydrogen-bond donors (Lipinski definition) is 2. The van der Waals surface area contributed by atoms with Crippen molar-refractivity contribution in [2.24, 2.45) is 16.3 Å². The highest BCUT2D eigenvalue weighted by Gasteiger charge is 2.48. The van der Waals surface area contributed by atoms with Crippen LogP contribution in [0.4, 0.5) is 0 Å². The molecule has 2 fully saturated rings. The molecule has 0 amide bonds. The number of guanidine groups is 1. The number of nitrogens with zero attached hydrogens (tertiary/aromatic N) is 1. The lowest BCUT2D eigenvalue weighted by atomic mass is 9.65. The van der Waals surface area contributed by atoms with Gasteiger partial charge in [-0.25, -0.2) is 0 Å². The molecule has 2 aliphatic carbocycles. The minimum atomic E-state index is -0.164. The first-order chi connectivity index (χ1) is 9.01. The lowest BCUT2D eigenvalue weighted by Gasteiger charge is -2.43. The van der Waals surface area contributed by atoms with E-state index in [9.17, 15) is 0 Å². The van der Waals surface area contributed by atoms with Crippen LogP contribution in [-0.2, 0) is 4.74 Å². The highest BCUT2D eigenvalue weighted by Crippen LogP contribution is 2.56. The zero-order valence-corrected chi connectivity index (χ0v) is 12.9. The number of ether oxygens (including phenoxy) is 1. The Morgan fingerprint density at radius 3 is 2.42 bits per heavy atom. The van der Waals surface area contributed by atoms with Crippen LogP contribution in [0.5, 0.6) is 0 Å². The molecule has 4 nitrogen and oxygen atoms in total. The summed E-state index contributed by atoms with van der Waals surface area (Å²) in [5, 5.41) is 6.87. The van der Waals surface area contributed by atoms with Crippen LogP contribution in [0.15, 0.2) is 4.99 Å². The highest BCUT2D eigenvalue weighted by molar-refractivity contribution is 5.79. The predicted octanol–water partition coefficient (Wildman–Crippen LogP) is 2.16. The SMILES string of the molecule is CN=C(NCC(C)(C)OC)NCC1(C2CC2)CCC1. The minimum absolute atomic E-state index is 0.164.